The molecule has 0 unspecified atom stereocenters. The maximum atomic E-state index is 12.3. The van der Waals surface area contributed by atoms with Crippen molar-refractivity contribution in [3.8, 4) is 0 Å². The van der Waals surface area contributed by atoms with Gasteiger partial charge < -0.3 is 16.0 Å². The molecule has 120 valence electrons. The van der Waals surface area contributed by atoms with Crippen LogP contribution in [0.1, 0.15) is 17.3 Å². The fourth-order valence-corrected chi connectivity index (χ4v) is 2.64. The lowest BCUT2D eigenvalue weighted by molar-refractivity contribution is 0.102. The van der Waals surface area contributed by atoms with Crippen molar-refractivity contribution in [3.63, 3.8) is 0 Å². The molecule has 0 saturated carbocycles. The number of nitrogens with one attached hydrogen (secondary N) is 3. The molecule has 0 saturated heterocycles. The Morgan fingerprint density at radius 3 is 2.43 bits per heavy atom. The lowest BCUT2D eigenvalue weighted by Gasteiger charge is -2.10. The molecule has 3 N–H and O–H groups in total. The van der Waals surface area contributed by atoms with E-state index in [1.165, 1.54) is 0 Å². The van der Waals surface area contributed by atoms with Gasteiger partial charge in [0.1, 0.15) is 0 Å². The van der Waals surface area contributed by atoms with E-state index < -0.39 is 0 Å². The molecule has 3 amide bonds. The first-order valence-corrected chi connectivity index (χ1v) is 8.08. The average molecular weight is 397 g/mol. The Morgan fingerprint density at radius 1 is 1.09 bits per heavy atom. The number of anilines is 2. The van der Waals surface area contributed by atoms with Gasteiger partial charge in [-0.2, -0.15) is 0 Å². The van der Waals surface area contributed by atoms with E-state index in [9.17, 15) is 9.59 Å². The van der Waals surface area contributed by atoms with Crippen LogP contribution < -0.4 is 16.0 Å². The summed E-state index contributed by atoms with van der Waals surface area (Å²) >= 11 is 9.36. The van der Waals surface area contributed by atoms with Crippen LogP contribution in [0.2, 0.25) is 5.02 Å². The summed E-state index contributed by atoms with van der Waals surface area (Å²) in [6.45, 7) is 2.36. The van der Waals surface area contributed by atoms with Crippen molar-refractivity contribution in [1.82, 2.24) is 5.32 Å². The molecule has 0 aliphatic carbocycles. The second kappa shape index (κ2) is 7.99. The molecule has 2 aromatic rings. The monoisotopic (exact) mass is 395 g/mol. The van der Waals surface area contributed by atoms with E-state index >= 15 is 0 Å². The van der Waals surface area contributed by atoms with Crippen LogP contribution in [0.15, 0.2) is 46.9 Å². The molecular weight excluding hydrogens is 382 g/mol. The number of rotatable bonds is 4. The van der Waals surface area contributed by atoms with Crippen LogP contribution >= 0.6 is 27.5 Å². The van der Waals surface area contributed by atoms with Gasteiger partial charge in [0.25, 0.3) is 5.91 Å². The van der Waals surface area contributed by atoms with Gasteiger partial charge in [0, 0.05) is 22.4 Å². The molecule has 0 spiro atoms. The van der Waals surface area contributed by atoms with E-state index in [0.29, 0.717) is 28.5 Å². The molecule has 2 rings (SSSR count). The zero-order chi connectivity index (χ0) is 16.8. The number of amides is 3. The smallest absolute Gasteiger partial charge is 0.319 e. The van der Waals surface area contributed by atoms with Crippen LogP contribution in [-0.2, 0) is 0 Å². The second-order valence-electron chi connectivity index (χ2n) is 4.64. The third-order valence-corrected chi connectivity index (χ3v) is 3.70. The van der Waals surface area contributed by atoms with E-state index in [0.717, 1.165) is 4.47 Å². The Balaban J connectivity index is 2.10. The van der Waals surface area contributed by atoms with Gasteiger partial charge in [0.15, 0.2) is 0 Å². The number of carbonyl (C=O) groups excluding carboxylic acids is 2. The van der Waals surface area contributed by atoms with Crippen molar-refractivity contribution in [2.24, 2.45) is 0 Å². The Kier molecular flexibility index (Phi) is 6.01. The van der Waals surface area contributed by atoms with Gasteiger partial charge in [-0.1, -0.05) is 33.6 Å². The fourth-order valence-electron chi connectivity index (χ4n) is 1.88. The highest BCUT2D eigenvalue weighted by Gasteiger charge is 2.11. The highest BCUT2D eigenvalue weighted by Crippen LogP contribution is 2.23. The minimum atomic E-state index is -0.322. The molecule has 0 aliphatic heterocycles. The van der Waals surface area contributed by atoms with Crippen LogP contribution in [0.25, 0.3) is 0 Å². The largest absolute Gasteiger partial charge is 0.338 e. The lowest BCUT2D eigenvalue weighted by Crippen LogP contribution is -2.28. The van der Waals surface area contributed by atoms with Crippen molar-refractivity contribution in [2.45, 2.75) is 6.92 Å². The standard InChI is InChI=1S/C16H15BrClN3O2/c1-2-19-16(23)21-12-5-3-4-11(9-12)20-15(22)13-7-6-10(17)8-14(13)18/h3-9H,2H2,1H3,(H,20,22)(H2,19,21,23). The molecule has 23 heavy (non-hydrogen) atoms. The summed E-state index contributed by atoms with van der Waals surface area (Å²) in [6.07, 6.45) is 0. The Morgan fingerprint density at radius 2 is 1.78 bits per heavy atom. The maximum Gasteiger partial charge on any atom is 0.319 e. The van der Waals surface area contributed by atoms with Crippen LogP contribution in [0.5, 0.6) is 0 Å². The number of hydrogen-bond donors (Lipinski definition) is 3. The van der Waals surface area contributed by atoms with Gasteiger partial charge in [-0.3, -0.25) is 4.79 Å². The zero-order valence-electron chi connectivity index (χ0n) is 12.3. The van der Waals surface area contributed by atoms with Crippen molar-refractivity contribution < 1.29 is 9.59 Å². The number of carbonyl (C=O) groups is 2. The molecule has 0 fully saturated rings. The molecule has 0 aliphatic rings. The van der Waals surface area contributed by atoms with E-state index in [2.05, 4.69) is 31.9 Å². The summed E-state index contributed by atoms with van der Waals surface area (Å²) in [4.78, 5) is 23.8. The first-order valence-electron chi connectivity index (χ1n) is 6.91. The van der Waals surface area contributed by atoms with Crippen LogP contribution in [0.4, 0.5) is 16.2 Å². The van der Waals surface area contributed by atoms with Gasteiger partial charge >= 0.3 is 6.03 Å². The predicted octanol–water partition coefficient (Wildman–Crippen LogP) is 4.50. The molecule has 0 aromatic heterocycles. The molecule has 0 bridgehead atoms. The topological polar surface area (TPSA) is 70.2 Å². The van der Waals surface area contributed by atoms with Crippen LogP contribution in [0.3, 0.4) is 0 Å². The predicted molar refractivity (Wildman–Crippen MR) is 96.2 cm³/mol. The lowest BCUT2D eigenvalue weighted by atomic mass is 10.2. The summed E-state index contributed by atoms with van der Waals surface area (Å²) in [7, 11) is 0. The summed E-state index contributed by atoms with van der Waals surface area (Å²) in [5.41, 5.74) is 1.51. The molecule has 0 atom stereocenters. The summed E-state index contributed by atoms with van der Waals surface area (Å²) in [6, 6.07) is 11.6. The number of halogens is 2. The minimum absolute atomic E-state index is 0.299. The highest BCUT2D eigenvalue weighted by molar-refractivity contribution is 9.10. The minimum Gasteiger partial charge on any atom is -0.338 e. The molecule has 5 nitrogen and oxygen atoms in total. The maximum absolute atomic E-state index is 12.3. The summed E-state index contributed by atoms with van der Waals surface area (Å²) < 4.78 is 0.798. The highest BCUT2D eigenvalue weighted by atomic mass is 79.9. The SMILES string of the molecule is CCNC(=O)Nc1cccc(NC(=O)c2ccc(Br)cc2Cl)c1. The Hall–Kier alpha value is -2.05. The summed E-state index contributed by atoms with van der Waals surface area (Å²) in [5, 5.41) is 8.42. The number of hydrogen-bond acceptors (Lipinski definition) is 2. The Labute approximate surface area is 147 Å². The van der Waals surface area contributed by atoms with Crippen molar-refractivity contribution >= 4 is 50.8 Å². The van der Waals surface area contributed by atoms with Gasteiger partial charge in [-0.25, -0.2) is 4.79 Å². The van der Waals surface area contributed by atoms with Crippen molar-refractivity contribution in [1.29, 1.82) is 0 Å². The van der Waals surface area contributed by atoms with E-state index in [1.807, 2.05) is 6.92 Å². The van der Waals surface area contributed by atoms with E-state index in [-0.39, 0.29) is 11.9 Å². The van der Waals surface area contributed by atoms with Gasteiger partial charge in [-0.15, -0.1) is 0 Å². The first kappa shape index (κ1) is 17.3. The van der Waals surface area contributed by atoms with Gasteiger partial charge in [0.05, 0.1) is 10.6 Å². The molecule has 7 heteroatoms. The number of urea groups is 1. The third kappa shape index (κ3) is 4.97. The van der Waals surface area contributed by atoms with Crippen LogP contribution in [0, 0.1) is 0 Å². The van der Waals surface area contributed by atoms with Gasteiger partial charge in [0.2, 0.25) is 0 Å². The average Bonchev–Trinajstić information content (AvgIpc) is 2.47. The first-order chi connectivity index (χ1) is 11.0. The fraction of sp³-hybridized carbons (Fsp3) is 0.125. The van der Waals surface area contributed by atoms with Crippen molar-refractivity contribution in [2.75, 3.05) is 17.2 Å². The molecular formula is C16H15BrClN3O2. The quantitative estimate of drug-likeness (QED) is 0.712. The van der Waals surface area contributed by atoms with Crippen LogP contribution in [-0.4, -0.2) is 18.5 Å². The second-order valence-corrected chi connectivity index (χ2v) is 5.97. The molecule has 0 heterocycles. The third-order valence-electron chi connectivity index (χ3n) is 2.89. The van der Waals surface area contributed by atoms with E-state index in [4.69, 9.17) is 11.6 Å². The zero-order valence-corrected chi connectivity index (χ0v) is 14.7. The van der Waals surface area contributed by atoms with E-state index in [1.54, 1.807) is 42.5 Å². The Bertz CT molecular complexity index is 737. The van der Waals surface area contributed by atoms with Gasteiger partial charge in [-0.05, 0) is 43.3 Å². The molecule has 2 aromatic carbocycles. The molecule has 0 radical (unpaired) electrons. The number of benzene rings is 2. The van der Waals surface area contributed by atoms with Crippen molar-refractivity contribution in [3.05, 3.63) is 57.5 Å². The summed E-state index contributed by atoms with van der Waals surface area (Å²) in [5.74, 6) is -0.322. The normalized spacial score (nSPS) is 10.0.